The highest BCUT2D eigenvalue weighted by molar-refractivity contribution is 7.91. The van der Waals surface area contributed by atoms with E-state index in [0.717, 1.165) is 22.5 Å². The Morgan fingerprint density at radius 3 is 2.53 bits per heavy atom. The number of hydrogen-bond acceptors (Lipinski definition) is 4. The first-order valence-corrected chi connectivity index (χ1v) is 11.9. The number of rotatable bonds is 5. The summed E-state index contributed by atoms with van der Waals surface area (Å²) in [6.07, 6.45) is 1.99. The van der Waals surface area contributed by atoms with Crippen molar-refractivity contribution in [3.63, 3.8) is 0 Å². The van der Waals surface area contributed by atoms with Crippen molar-refractivity contribution in [2.24, 2.45) is 4.99 Å². The minimum absolute atomic E-state index is 0.113. The number of para-hydroxylation sites is 1. The van der Waals surface area contributed by atoms with Crippen molar-refractivity contribution in [3.05, 3.63) is 107 Å². The highest BCUT2D eigenvalue weighted by atomic mass is 32.2. The molecule has 0 saturated heterocycles. The molecule has 0 radical (unpaired) electrons. The zero-order chi connectivity index (χ0) is 20.6. The molecule has 0 fully saturated rings. The zero-order valence-electron chi connectivity index (χ0n) is 16.0. The molecule has 1 aliphatic heterocycles. The van der Waals surface area contributed by atoms with Crippen molar-refractivity contribution in [2.75, 3.05) is 6.54 Å². The van der Waals surface area contributed by atoms with Crippen molar-refractivity contribution in [1.82, 2.24) is 9.29 Å². The third-order valence-corrected chi connectivity index (χ3v) is 7.92. The standard InChI is InChI=1S/C23H19N3O2S2/c27-30(28,22-13-7-15-29-22)24-16-19-21-12-6-14-26(21)20-11-5-4-10-18(20)23(25-19)17-8-2-1-3-9-17/h1-15,23-24H,16H2. The maximum atomic E-state index is 12.7. The molecule has 5 rings (SSSR count). The maximum Gasteiger partial charge on any atom is 0.250 e. The summed E-state index contributed by atoms with van der Waals surface area (Å²) in [5.41, 5.74) is 4.78. The summed E-state index contributed by atoms with van der Waals surface area (Å²) in [6.45, 7) is 0.113. The normalized spacial score (nSPS) is 15.7. The van der Waals surface area contributed by atoms with Crippen molar-refractivity contribution in [1.29, 1.82) is 0 Å². The first-order valence-electron chi connectivity index (χ1n) is 9.55. The number of thiophene rings is 1. The number of hydrogen-bond donors (Lipinski definition) is 1. The molecule has 3 heterocycles. The predicted molar refractivity (Wildman–Crippen MR) is 120 cm³/mol. The van der Waals surface area contributed by atoms with Crippen LogP contribution in [-0.2, 0) is 10.0 Å². The topological polar surface area (TPSA) is 63.5 Å². The van der Waals surface area contributed by atoms with Crippen LogP contribution >= 0.6 is 11.3 Å². The van der Waals surface area contributed by atoms with Gasteiger partial charge < -0.3 is 4.57 Å². The van der Waals surface area contributed by atoms with Gasteiger partial charge in [0.25, 0.3) is 0 Å². The van der Waals surface area contributed by atoms with Gasteiger partial charge in [0, 0.05) is 11.8 Å². The Labute approximate surface area is 179 Å². The summed E-state index contributed by atoms with van der Waals surface area (Å²) < 4.78 is 30.5. The molecule has 1 aliphatic rings. The Balaban J connectivity index is 1.60. The Morgan fingerprint density at radius 2 is 1.73 bits per heavy atom. The minimum Gasteiger partial charge on any atom is -0.315 e. The van der Waals surface area contributed by atoms with Crippen LogP contribution in [-0.4, -0.2) is 25.2 Å². The van der Waals surface area contributed by atoms with Gasteiger partial charge in [-0.1, -0.05) is 54.6 Å². The Morgan fingerprint density at radius 1 is 0.933 bits per heavy atom. The molecule has 150 valence electrons. The van der Waals surface area contributed by atoms with E-state index >= 15 is 0 Å². The fourth-order valence-electron chi connectivity index (χ4n) is 3.73. The molecule has 0 saturated carbocycles. The van der Waals surface area contributed by atoms with Crippen LogP contribution in [0.25, 0.3) is 5.69 Å². The van der Waals surface area contributed by atoms with Crippen LogP contribution in [0.3, 0.4) is 0 Å². The first-order chi connectivity index (χ1) is 14.6. The molecule has 4 aromatic rings. The number of nitrogens with one attached hydrogen (secondary N) is 1. The van der Waals surface area contributed by atoms with Crippen LogP contribution in [0.2, 0.25) is 0 Å². The molecule has 7 heteroatoms. The van der Waals surface area contributed by atoms with Gasteiger partial charge in [-0.25, -0.2) is 13.1 Å². The molecule has 0 aliphatic carbocycles. The van der Waals surface area contributed by atoms with E-state index < -0.39 is 10.0 Å². The monoisotopic (exact) mass is 433 g/mol. The second kappa shape index (κ2) is 7.68. The van der Waals surface area contributed by atoms with E-state index in [2.05, 4.69) is 33.6 Å². The number of nitrogens with zero attached hydrogens (tertiary/aromatic N) is 2. The zero-order valence-corrected chi connectivity index (χ0v) is 17.6. The van der Waals surface area contributed by atoms with E-state index in [0.29, 0.717) is 9.92 Å². The van der Waals surface area contributed by atoms with Crippen LogP contribution in [0.1, 0.15) is 22.9 Å². The summed E-state index contributed by atoms with van der Waals surface area (Å²) in [5, 5.41) is 1.75. The second-order valence-corrected chi connectivity index (χ2v) is 9.91. The third kappa shape index (κ3) is 3.41. The van der Waals surface area contributed by atoms with Crippen molar-refractivity contribution in [2.45, 2.75) is 10.3 Å². The van der Waals surface area contributed by atoms with Gasteiger partial charge >= 0.3 is 0 Å². The van der Waals surface area contributed by atoms with Crippen LogP contribution < -0.4 is 4.72 Å². The molecule has 2 aromatic heterocycles. The lowest BCUT2D eigenvalue weighted by molar-refractivity contribution is 0.588. The molecule has 0 bridgehead atoms. The van der Waals surface area contributed by atoms with Gasteiger partial charge in [-0.15, -0.1) is 11.3 Å². The van der Waals surface area contributed by atoms with E-state index in [9.17, 15) is 8.42 Å². The Hall–Kier alpha value is -3.00. The summed E-state index contributed by atoms with van der Waals surface area (Å²) in [5.74, 6) is 0. The van der Waals surface area contributed by atoms with E-state index in [-0.39, 0.29) is 12.6 Å². The molecule has 0 amide bonds. The fourth-order valence-corrected chi connectivity index (χ4v) is 5.76. The van der Waals surface area contributed by atoms with Gasteiger partial charge in [0.1, 0.15) is 10.3 Å². The summed E-state index contributed by atoms with van der Waals surface area (Å²) in [7, 11) is -3.58. The lowest BCUT2D eigenvalue weighted by atomic mass is 9.98. The molecular formula is C23H19N3O2S2. The Kier molecular flexibility index (Phi) is 4.86. The lowest BCUT2D eigenvalue weighted by Gasteiger charge is -2.16. The van der Waals surface area contributed by atoms with Crippen LogP contribution in [0.5, 0.6) is 0 Å². The van der Waals surface area contributed by atoms with Crippen LogP contribution in [0.15, 0.2) is 99.6 Å². The molecule has 2 aromatic carbocycles. The van der Waals surface area contributed by atoms with Gasteiger partial charge in [0.2, 0.25) is 10.0 Å². The summed E-state index contributed by atoms with van der Waals surface area (Å²) in [6, 6.07) is 25.3. The summed E-state index contributed by atoms with van der Waals surface area (Å²) >= 11 is 1.20. The second-order valence-electron chi connectivity index (χ2n) is 6.97. The highest BCUT2D eigenvalue weighted by Crippen LogP contribution is 2.34. The molecule has 1 atom stereocenters. The fraction of sp³-hybridized carbons (Fsp3) is 0.0870. The molecule has 0 spiro atoms. The third-order valence-electron chi connectivity index (χ3n) is 5.13. The molecular weight excluding hydrogens is 414 g/mol. The molecule has 1 N–H and O–H groups in total. The largest absolute Gasteiger partial charge is 0.315 e. The molecule has 5 nitrogen and oxygen atoms in total. The van der Waals surface area contributed by atoms with Crippen molar-refractivity contribution in [3.8, 4) is 5.69 Å². The van der Waals surface area contributed by atoms with E-state index in [4.69, 9.17) is 4.99 Å². The van der Waals surface area contributed by atoms with E-state index in [1.807, 2.05) is 48.7 Å². The number of aliphatic imine (C=N–C) groups is 1. The maximum absolute atomic E-state index is 12.7. The molecule has 30 heavy (non-hydrogen) atoms. The number of sulfonamides is 1. The van der Waals surface area contributed by atoms with Gasteiger partial charge in [-0.05, 0) is 35.2 Å². The Bertz CT molecular complexity index is 1310. The number of aromatic nitrogens is 1. The first kappa shape index (κ1) is 19.0. The smallest absolute Gasteiger partial charge is 0.250 e. The highest BCUT2D eigenvalue weighted by Gasteiger charge is 2.25. The van der Waals surface area contributed by atoms with Crippen molar-refractivity contribution >= 4 is 27.1 Å². The number of benzene rings is 2. The predicted octanol–water partition coefficient (Wildman–Crippen LogP) is 4.41. The number of fused-ring (bicyclic) bond motifs is 3. The van der Waals surface area contributed by atoms with Crippen molar-refractivity contribution < 1.29 is 8.42 Å². The average molecular weight is 434 g/mol. The van der Waals surface area contributed by atoms with Gasteiger partial charge in [0.15, 0.2) is 0 Å². The van der Waals surface area contributed by atoms with E-state index in [1.165, 1.54) is 11.3 Å². The van der Waals surface area contributed by atoms with E-state index in [1.54, 1.807) is 17.5 Å². The van der Waals surface area contributed by atoms with Crippen LogP contribution in [0.4, 0.5) is 0 Å². The van der Waals surface area contributed by atoms with Gasteiger partial charge in [-0.3, -0.25) is 4.99 Å². The van der Waals surface area contributed by atoms with Gasteiger partial charge in [-0.2, -0.15) is 0 Å². The minimum atomic E-state index is -3.58. The van der Waals surface area contributed by atoms with Crippen LogP contribution in [0, 0.1) is 0 Å². The molecule has 1 unspecified atom stereocenters. The quantitative estimate of drug-likeness (QED) is 0.507. The summed E-state index contributed by atoms with van der Waals surface area (Å²) in [4.78, 5) is 5.06. The lowest BCUT2D eigenvalue weighted by Crippen LogP contribution is -2.30. The van der Waals surface area contributed by atoms with Gasteiger partial charge in [0.05, 0.1) is 23.6 Å². The SMILES string of the molecule is O=S(=O)(NCC1=NC(c2ccccc2)c2ccccc2-n2cccc21)c1cccs1. The average Bonchev–Trinajstić information content (AvgIpc) is 3.46.